The Morgan fingerprint density at radius 3 is 2.76 bits per heavy atom. The molecule has 0 radical (unpaired) electrons. The number of aromatic nitrogens is 2. The summed E-state index contributed by atoms with van der Waals surface area (Å²) < 4.78 is 1.37. The number of hydrogen-bond acceptors (Lipinski definition) is 5. The number of H-pyrrole nitrogens is 1. The SMILES string of the molecule is O=C(CCn1ccc(=O)[nH]c1=O)N1CCCC(C2NNCC2c2ccccc2)C1. The van der Waals surface area contributed by atoms with Gasteiger partial charge in [-0.2, -0.15) is 0 Å². The molecule has 2 fully saturated rings. The lowest BCUT2D eigenvalue weighted by molar-refractivity contribution is -0.133. The Kier molecular flexibility index (Phi) is 5.92. The number of hydrogen-bond donors (Lipinski definition) is 3. The van der Waals surface area contributed by atoms with E-state index < -0.39 is 11.2 Å². The van der Waals surface area contributed by atoms with E-state index in [0.717, 1.165) is 32.5 Å². The summed E-state index contributed by atoms with van der Waals surface area (Å²) in [4.78, 5) is 39.9. The number of aryl methyl sites for hydroxylation is 1. The molecule has 2 aliphatic rings. The maximum atomic E-state index is 12.8. The Hall–Kier alpha value is -2.71. The molecule has 1 amide bonds. The Labute approximate surface area is 168 Å². The van der Waals surface area contributed by atoms with Crippen LogP contribution >= 0.6 is 0 Å². The fraction of sp³-hybridized carbons (Fsp3) is 0.476. The van der Waals surface area contributed by atoms with Crippen LogP contribution in [0.4, 0.5) is 0 Å². The van der Waals surface area contributed by atoms with Crippen LogP contribution in [0.15, 0.2) is 52.2 Å². The Morgan fingerprint density at radius 1 is 1.14 bits per heavy atom. The maximum absolute atomic E-state index is 12.8. The largest absolute Gasteiger partial charge is 0.342 e. The second-order valence-corrected chi connectivity index (χ2v) is 7.86. The van der Waals surface area contributed by atoms with Crippen molar-refractivity contribution in [1.29, 1.82) is 0 Å². The van der Waals surface area contributed by atoms with Gasteiger partial charge in [0, 0.05) is 56.8 Å². The number of carbonyl (C=O) groups excluding carboxylic acids is 1. The average Bonchev–Trinajstić information content (AvgIpc) is 3.24. The lowest BCUT2D eigenvalue weighted by Crippen LogP contribution is -2.48. The average molecular weight is 397 g/mol. The normalized spacial score (nSPS) is 24.6. The van der Waals surface area contributed by atoms with Crippen LogP contribution in [0.1, 0.15) is 30.7 Å². The fourth-order valence-electron chi connectivity index (χ4n) is 4.51. The first kappa shape index (κ1) is 19.6. The molecule has 3 atom stereocenters. The van der Waals surface area contributed by atoms with Crippen molar-refractivity contribution in [3.63, 3.8) is 0 Å². The van der Waals surface area contributed by atoms with E-state index in [9.17, 15) is 14.4 Å². The molecular weight excluding hydrogens is 370 g/mol. The third-order valence-corrected chi connectivity index (χ3v) is 6.03. The van der Waals surface area contributed by atoms with Gasteiger partial charge in [-0.25, -0.2) is 4.79 Å². The van der Waals surface area contributed by atoms with Gasteiger partial charge < -0.3 is 9.47 Å². The minimum absolute atomic E-state index is 0.0509. The molecule has 8 nitrogen and oxygen atoms in total. The van der Waals surface area contributed by atoms with Crippen molar-refractivity contribution >= 4 is 5.91 Å². The summed E-state index contributed by atoms with van der Waals surface area (Å²) in [6.07, 6.45) is 3.75. The number of piperidine rings is 1. The van der Waals surface area contributed by atoms with Gasteiger partial charge in [0.2, 0.25) is 5.91 Å². The minimum Gasteiger partial charge on any atom is -0.342 e. The Balaban J connectivity index is 1.38. The molecule has 0 spiro atoms. The molecule has 154 valence electrons. The molecule has 3 N–H and O–H groups in total. The van der Waals surface area contributed by atoms with E-state index in [1.54, 1.807) is 0 Å². The van der Waals surface area contributed by atoms with Crippen LogP contribution in [-0.4, -0.2) is 46.0 Å². The van der Waals surface area contributed by atoms with E-state index in [0.29, 0.717) is 11.8 Å². The van der Waals surface area contributed by atoms with Crippen molar-refractivity contribution in [2.45, 2.75) is 37.8 Å². The molecule has 3 unspecified atom stereocenters. The van der Waals surface area contributed by atoms with Crippen molar-refractivity contribution in [3.8, 4) is 0 Å². The molecule has 29 heavy (non-hydrogen) atoms. The summed E-state index contributed by atoms with van der Waals surface area (Å²) in [5, 5.41) is 0. The third-order valence-electron chi connectivity index (χ3n) is 6.03. The van der Waals surface area contributed by atoms with Crippen LogP contribution in [0.25, 0.3) is 0 Å². The van der Waals surface area contributed by atoms with Gasteiger partial charge in [0.1, 0.15) is 0 Å². The lowest BCUT2D eigenvalue weighted by Gasteiger charge is -2.37. The molecule has 3 heterocycles. The molecule has 4 rings (SSSR count). The fourth-order valence-corrected chi connectivity index (χ4v) is 4.51. The molecule has 2 saturated heterocycles. The number of carbonyl (C=O) groups is 1. The lowest BCUT2D eigenvalue weighted by atomic mass is 9.81. The van der Waals surface area contributed by atoms with Gasteiger partial charge in [0.25, 0.3) is 5.56 Å². The molecule has 1 aromatic heterocycles. The van der Waals surface area contributed by atoms with Gasteiger partial charge in [-0.3, -0.25) is 25.4 Å². The number of nitrogens with zero attached hydrogens (tertiary/aromatic N) is 2. The topological polar surface area (TPSA) is 99.2 Å². The predicted molar refractivity (Wildman–Crippen MR) is 109 cm³/mol. The van der Waals surface area contributed by atoms with Crippen LogP contribution in [0.5, 0.6) is 0 Å². The van der Waals surface area contributed by atoms with Crippen molar-refractivity contribution in [3.05, 3.63) is 69.0 Å². The summed E-state index contributed by atoms with van der Waals surface area (Å²) in [7, 11) is 0. The number of hydrazine groups is 1. The van der Waals surface area contributed by atoms with E-state index in [-0.39, 0.29) is 24.9 Å². The quantitative estimate of drug-likeness (QED) is 0.679. The molecule has 0 saturated carbocycles. The van der Waals surface area contributed by atoms with E-state index in [1.807, 2.05) is 11.0 Å². The molecule has 0 aliphatic carbocycles. The van der Waals surface area contributed by atoms with Crippen LogP contribution in [0.3, 0.4) is 0 Å². The second kappa shape index (κ2) is 8.75. The third kappa shape index (κ3) is 4.49. The van der Waals surface area contributed by atoms with Crippen LogP contribution < -0.4 is 22.1 Å². The zero-order chi connectivity index (χ0) is 20.2. The summed E-state index contributed by atoms with van der Waals surface area (Å²) >= 11 is 0. The molecule has 1 aromatic carbocycles. The van der Waals surface area contributed by atoms with Gasteiger partial charge in [-0.1, -0.05) is 30.3 Å². The van der Waals surface area contributed by atoms with Gasteiger partial charge >= 0.3 is 5.69 Å². The number of amides is 1. The smallest absolute Gasteiger partial charge is 0.328 e. The van der Waals surface area contributed by atoms with E-state index >= 15 is 0 Å². The first-order valence-electron chi connectivity index (χ1n) is 10.2. The highest BCUT2D eigenvalue weighted by Gasteiger charge is 2.37. The van der Waals surface area contributed by atoms with Crippen molar-refractivity contribution in [1.82, 2.24) is 25.3 Å². The highest BCUT2D eigenvalue weighted by atomic mass is 16.2. The standard InChI is InChI=1S/C21H27N5O3/c27-18-8-11-25(21(29)23-18)12-9-19(28)26-10-4-7-16(14-26)20-17(13-22-24-20)15-5-2-1-3-6-15/h1-3,5-6,8,11,16-17,20,22,24H,4,7,9-10,12-14H2,(H,23,27,29). The second-order valence-electron chi connectivity index (χ2n) is 7.86. The zero-order valence-corrected chi connectivity index (χ0v) is 16.3. The molecule has 8 heteroatoms. The van der Waals surface area contributed by atoms with Crippen molar-refractivity contribution in [2.24, 2.45) is 5.92 Å². The monoisotopic (exact) mass is 397 g/mol. The highest BCUT2D eigenvalue weighted by molar-refractivity contribution is 5.76. The number of nitrogens with one attached hydrogen (secondary N) is 3. The first-order valence-corrected chi connectivity index (χ1v) is 10.2. The molecule has 0 bridgehead atoms. The molecule has 2 aliphatic heterocycles. The Morgan fingerprint density at radius 2 is 1.97 bits per heavy atom. The summed E-state index contributed by atoms with van der Waals surface area (Å²) in [6.45, 7) is 2.63. The number of rotatable bonds is 5. The van der Waals surface area contributed by atoms with Crippen LogP contribution in [0, 0.1) is 5.92 Å². The molecular formula is C21H27N5O3. The van der Waals surface area contributed by atoms with Crippen molar-refractivity contribution < 1.29 is 4.79 Å². The predicted octanol–water partition coefficient (Wildman–Crippen LogP) is 0.426. The van der Waals surface area contributed by atoms with E-state index in [1.165, 1.54) is 22.4 Å². The first-order chi connectivity index (χ1) is 14.1. The number of likely N-dealkylation sites (tertiary alicyclic amines) is 1. The van der Waals surface area contributed by atoms with Gasteiger partial charge in [0.15, 0.2) is 0 Å². The summed E-state index contributed by atoms with van der Waals surface area (Å²) in [5.41, 5.74) is 7.15. The van der Waals surface area contributed by atoms with Crippen LogP contribution in [0.2, 0.25) is 0 Å². The summed E-state index contributed by atoms with van der Waals surface area (Å²) in [5.74, 6) is 0.815. The maximum Gasteiger partial charge on any atom is 0.328 e. The zero-order valence-electron chi connectivity index (χ0n) is 16.3. The Bertz CT molecular complexity index is 955. The van der Waals surface area contributed by atoms with Gasteiger partial charge in [-0.15, -0.1) is 0 Å². The minimum atomic E-state index is -0.478. The van der Waals surface area contributed by atoms with Gasteiger partial charge in [-0.05, 0) is 24.3 Å². The number of aromatic amines is 1. The van der Waals surface area contributed by atoms with E-state index in [2.05, 4.69) is 40.1 Å². The highest BCUT2D eigenvalue weighted by Crippen LogP contribution is 2.31. The van der Waals surface area contributed by atoms with Crippen LogP contribution in [-0.2, 0) is 11.3 Å². The number of benzene rings is 1. The van der Waals surface area contributed by atoms with Gasteiger partial charge in [0.05, 0.1) is 0 Å². The van der Waals surface area contributed by atoms with Crippen molar-refractivity contribution in [2.75, 3.05) is 19.6 Å². The van der Waals surface area contributed by atoms with E-state index in [4.69, 9.17) is 0 Å². The molecule has 2 aromatic rings. The summed E-state index contributed by atoms with van der Waals surface area (Å²) in [6, 6.07) is 12.1.